The fraction of sp³-hybridized carbons (Fsp3) is 0.417. The Morgan fingerprint density at radius 3 is 3.00 bits per heavy atom. The second-order valence-electron chi connectivity index (χ2n) is 3.65. The lowest BCUT2D eigenvalue weighted by atomic mass is 10.3. The molecule has 1 heterocycles. The van der Waals surface area contributed by atoms with Crippen LogP contribution in [0.1, 0.15) is 12.6 Å². The van der Waals surface area contributed by atoms with Gasteiger partial charge in [0.2, 0.25) is 0 Å². The Bertz CT molecular complexity index is 324. The molecule has 1 aromatic heterocycles. The number of hydrogen-bond acceptors (Lipinski definition) is 3. The molecule has 0 amide bonds. The fourth-order valence-corrected chi connectivity index (χ4v) is 1.35. The standard InChI is InChI=1S/C12H17BrN2O/c1-10(2)9-16-6-5-14-8-12-4-3-11(13)7-15-12/h3-4,7,14H,1,5-6,8-9H2,2H3. The van der Waals surface area contributed by atoms with Crippen LogP contribution in [0, 0.1) is 0 Å². The summed E-state index contributed by atoms with van der Waals surface area (Å²) in [5.74, 6) is 0. The minimum Gasteiger partial charge on any atom is -0.376 e. The fourth-order valence-electron chi connectivity index (χ4n) is 1.12. The maximum atomic E-state index is 5.36. The Morgan fingerprint density at radius 1 is 1.56 bits per heavy atom. The molecule has 0 bridgehead atoms. The van der Waals surface area contributed by atoms with Crippen LogP contribution < -0.4 is 5.32 Å². The molecular formula is C12H17BrN2O. The highest BCUT2D eigenvalue weighted by molar-refractivity contribution is 9.10. The average molecular weight is 285 g/mol. The largest absolute Gasteiger partial charge is 0.376 e. The third-order valence-corrected chi connectivity index (χ3v) is 2.34. The smallest absolute Gasteiger partial charge is 0.0672 e. The van der Waals surface area contributed by atoms with E-state index in [4.69, 9.17) is 4.74 Å². The van der Waals surface area contributed by atoms with E-state index in [-0.39, 0.29) is 0 Å². The number of ether oxygens (including phenoxy) is 1. The van der Waals surface area contributed by atoms with Gasteiger partial charge in [-0.25, -0.2) is 0 Å². The number of nitrogens with zero attached hydrogens (tertiary/aromatic N) is 1. The number of hydrogen-bond donors (Lipinski definition) is 1. The van der Waals surface area contributed by atoms with Crippen LogP contribution in [0.3, 0.4) is 0 Å². The van der Waals surface area contributed by atoms with Crippen molar-refractivity contribution >= 4 is 15.9 Å². The van der Waals surface area contributed by atoms with Crippen LogP contribution in [0.5, 0.6) is 0 Å². The summed E-state index contributed by atoms with van der Waals surface area (Å²) in [7, 11) is 0. The summed E-state index contributed by atoms with van der Waals surface area (Å²) in [6.07, 6.45) is 1.80. The molecule has 4 heteroatoms. The van der Waals surface area contributed by atoms with E-state index in [2.05, 4.69) is 32.8 Å². The van der Waals surface area contributed by atoms with Crippen molar-refractivity contribution in [3.8, 4) is 0 Å². The van der Waals surface area contributed by atoms with Crippen molar-refractivity contribution < 1.29 is 4.74 Å². The molecule has 0 aromatic carbocycles. The van der Waals surface area contributed by atoms with E-state index < -0.39 is 0 Å². The van der Waals surface area contributed by atoms with Gasteiger partial charge in [-0.2, -0.15) is 0 Å². The number of rotatable bonds is 7. The summed E-state index contributed by atoms with van der Waals surface area (Å²) in [5, 5.41) is 3.26. The van der Waals surface area contributed by atoms with Crippen molar-refractivity contribution in [1.82, 2.24) is 10.3 Å². The molecule has 0 atom stereocenters. The first-order valence-corrected chi connectivity index (χ1v) is 6.01. The van der Waals surface area contributed by atoms with Gasteiger partial charge in [-0.05, 0) is 35.0 Å². The number of pyridine rings is 1. The molecule has 0 aliphatic rings. The van der Waals surface area contributed by atoms with E-state index in [9.17, 15) is 0 Å². The summed E-state index contributed by atoms with van der Waals surface area (Å²) in [6, 6.07) is 3.98. The van der Waals surface area contributed by atoms with Crippen LogP contribution in [-0.2, 0) is 11.3 Å². The van der Waals surface area contributed by atoms with Crippen LogP contribution >= 0.6 is 15.9 Å². The Morgan fingerprint density at radius 2 is 2.38 bits per heavy atom. The van der Waals surface area contributed by atoms with E-state index in [0.29, 0.717) is 13.2 Å². The molecule has 3 nitrogen and oxygen atoms in total. The predicted octanol–water partition coefficient (Wildman–Crippen LogP) is 2.53. The van der Waals surface area contributed by atoms with Gasteiger partial charge in [0.25, 0.3) is 0 Å². The molecule has 0 unspecified atom stereocenters. The van der Waals surface area contributed by atoms with E-state index >= 15 is 0 Å². The van der Waals surface area contributed by atoms with Crippen molar-refractivity contribution in [3.05, 3.63) is 40.6 Å². The van der Waals surface area contributed by atoms with Crippen molar-refractivity contribution in [3.63, 3.8) is 0 Å². The first-order valence-electron chi connectivity index (χ1n) is 5.22. The molecule has 0 saturated carbocycles. The monoisotopic (exact) mass is 284 g/mol. The number of aromatic nitrogens is 1. The summed E-state index contributed by atoms with van der Waals surface area (Å²) in [5.41, 5.74) is 2.08. The predicted molar refractivity (Wildman–Crippen MR) is 69.3 cm³/mol. The maximum Gasteiger partial charge on any atom is 0.0672 e. The third kappa shape index (κ3) is 6.00. The second kappa shape index (κ2) is 7.54. The van der Waals surface area contributed by atoms with Crippen molar-refractivity contribution in [2.45, 2.75) is 13.5 Å². The summed E-state index contributed by atoms with van der Waals surface area (Å²) >= 11 is 3.35. The topological polar surface area (TPSA) is 34.1 Å². The van der Waals surface area contributed by atoms with E-state index in [1.807, 2.05) is 19.1 Å². The van der Waals surface area contributed by atoms with Crippen LogP contribution in [-0.4, -0.2) is 24.7 Å². The van der Waals surface area contributed by atoms with Crippen LogP contribution in [0.15, 0.2) is 35.0 Å². The number of nitrogens with one attached hydrogen (secondary N) is 1. The van der Waals surface area contributed by atoms with Gasteiger partial charge in [-0.1, -0.05) is 12.2 Å². The summed E-state index contributed by atoms with van der Waals surface area (Å²) in [6.45, 7) is 8.65. The maximum absolute atomic E-state index is 5.36. The number of halogens is 1. The van der Waals surface area contributed by atoms with E-state index in [1.54, 1.807) is 6.20 Å². The molecule has 1 aromatic rings. The minimum atomic E-state index is 0.637. The normalized spacial score (nSPS) is 10.4. The molecule has 1 N–H and O–H groups in total. The van der Waals surface area contributed by atoms with Crippen molar-refractivity contribution in [2.24, 2.45) is 0 Å². The molecule has 0 aliphatic heterocycles. The van der Waals surface area contributed by atoms with E-state index in [0.717, 1.165) is 28.8 Å². The highest BCUT2D eigenvalue weighted by Gasteiger charge is 1.94. The van der Waals surface area contributed by atoms with Gasteiger partial charge >= 0.3 is 0 Å². The zero-order chi connectivity index (χ0) is 11.8. The molecule has 0 spiro atoms. The summed E-state index contributed by atoms with van der Waals surface area (Å²) < 4.78 is 6.36. The molecule has 0 saturated heterocycles. The lowest BCUT2D eigenvalue weighted by molar-refractivity contribution is 0.157. The van der Waals surface area contributed by atoms with Crippen molar-refractivity contribution in [1.29, 1.82) is 0 Å². The van der Waals surface area contributed by atoms with Crippen LogP contribution in [0.2, 0.25) is 0 Å². The van der Waals surface area contributed by atoms with Gasteiger partial charge in [0, 0.05) is 23.8 Å². The van der Waals surface area contributed by atoms with Gasteiger partial charge in [-0.15, -0.1) is 0 Å². The average Bonchev–Trinajstić information content (AvgIpc) is 2.25. The molecule has 0 aliphatic carbocycles. The molecule has 0 fully saturated rings. The van der Waals surface area contributed by atoms with Gasteiger partial charge in [0.1, 0.15) is 0 Å². The van der Waals surface area contributed by atoms with Gasteiger partial charge < -0.3 is 10.1 Å². The first kappa shape index (κ1) is 13.4. The van der Waals surface area contributed by atoms with Crippen LogP contribution in [0.25, 0.3) is 0 Å². The molecule has 88 valence electrons. The molecule has 0 radical (unpaired) electrons. The SMILES string of the molecule is C=C(C)COCCNCc1ccc(Br)cn1. The minimum absolute atomic E-state index is 0.637. The lowest BCUT2D eigenvalue weighted by Crippen LogP contribution is -2.20. The highest BCUT2D eigenvalue weighted by atomic mass is 79.9. The molecule has 1 rings (SSSR count). The highest BCUT2D eigenvalue weighted by Crippen LogP contribution is 2.06. The zero-order valence-corrected chi connectivity index (χ0v) is 11.1. The summed E-state index contributed by atoms with van der Waals surface area (Å²) in [4.78, 5) is 4.26. The van der Waals surface area contributed by atoms with E-state index in [1.165, 1.54) is 0 Å². The Labute approximate surface area is 105 Å². The molecular weight excluding hydrogens is 268 g/mol. The van der Waals surface area contributed by atoms with Gasteiger partial charge in [0.05, 0.1) is 18.9 Å². The third-order valence-electron chi connectivity index (χ3n) is 1.87. The zero-order valence-electron chi connectivity index (χ0n) is 9.50. The Hall–Kier alpha value is -0.710. The quantitative estimate of drug-likeness (QED) is 0.617. The van der Waals surface area contributed by atoms with Crippen molar-refractivity contribution in [2.75, 3.05) is 19.8 Å². The van der Waals surface area contributed by atoms with Gasteiger partial charge in [0.15, 0.2) is 0 Å². The second-order valence-corrected chi connectivity index (χ2v) is 4.57. The Balaban J connectivity index is 2.07. The first-order chi connectivity index (χ1) is 7.68. The Kier molecular flexibility index (Phi) is 6.30. The molecule has 16 heavy (non-hydrogen) atoms. The van der Waals surface area contributed by atoms with Gasteiger partial charge in [-0.3, -0.25) is 4.98 Å². The van der Waals surface area contributed by atoms with Crippen LogP contribution in [0.4, 0.5) is 0 Å². The lowest BCUT2D eigenvalue weighted by Gasteiger charge is -2.05.